The number of nitrogens with one attached hydrogen (secondary N) is 2. The van der Waals surface area contributed by atoms with E-state index in [1.165, 1.54) is 6.07 Å². The molecule has 0 atom stereocenters. The molecular weight excluding hydrogens is 432 g/mol. The average molecular weight is 454 g/mol. The van der Waals surface area contributed by atoms with Crippen LogP contribution in [0.4, 0.5) is 11.4 Å². The second-order valence-corrected chi connectivity index (χ2v) is 8.14. The highest BCUT2D eigenvalue weighted by Gasteiger charge is 2.15. The van der Waals surface area contributed by atoms with E-state index < -0.39 is 0 Å². The van der Waals surface area contributed by atoms with Crippen LogP contribution < -0.4 is 20.8 Å². The van der Waals surface area contributed by atoms with Crippen molar-refractivity contribution < 1.29 is 18.7 Å². The molecule has 7 heteroatoms. The summed E-state index contributed by atoms with van der Waals surface area (Å²) in [5, 5.41) is 6.21. The van der Waals surface area contributed by atoms with Gasteiger partial charge in [-0.15, -0.1) is 0 Å². The average Bonchev–Trinajstić information content (AvgIpc) is 3.04. The number of benzene rings is 3. The van der Waals surface area contributed by atoms with Crippen LogP contribution in [-0.2, 0) is 11.2 Å². The first kappa shape index (κ1) is 21.5. The van der Waals surface area contributed by atoms with Gasteiger partial charge in [0.05, 0.1) is 12.5 Å². The first-order valence-electron chi connectivity index (χ1n) is 11.0. The van der Waals surface area contributed by atoms with E-state index in [0.29, 0.717) is 45.7 Å². The molecule has 2 amide bonds. The lowest BCUT2D eigenvalue weighted by molar-refractivity contribution is -0.116. The second kappa shape index (κ2) is 8.86. The molecule has 0 unspecified atom stereocenters. The van der Waals surface area contributed by atoms with Gasteiger partial charge in [-0.05, 0) is 79.1 Å². The molecule has 0 saturated heterocycles. The predicted molar refractivity (Wildman–Crippen MR) is 130 cm³/mol. The van der Waals surface area contributed by atoms with Crippen molar-refractivity contribution in [3.63, 3.8) is 0 Å². The van der Waals surface area contributed by atoms with E-state index in [4.69, 9.17) is 9.15 Å². The van der Waals surface area contributed by atoms with Gasteiger partial charge in [-0.1, -0.05) is 0 Å². The van der Waals surface area contributed by atoms with Crippen molar-refractivity contribution in [1.82, 2.24) is 0 Å². The molecule has 0 radical (unpaired) electrons. The number of fused-ring (bicyclic) bond motifs is 2. The van der Waals surface area contributed by atoms with Gasteiger partial charge in [0.15, 0.2) is 5.43 Å². The Balaban J connectivity index is 1.35. The molecule has 170 valence electrons. The van der Waals surface area contributed by atoms with E-state index in [-0.39, 0.29) is 17.2 Å². The molecule has 7 nitrogen and oxygen atoms in total. The molecule has 1 aliphatic rings. The number of carbonyl (C=O) groups excluding carboxylic acids is 2. The van der Waals surface area contributed by atoms with Crippen LogP contribution in [0.3, 0.4) is 0 Å². The van der Waals surface area contributed by atoms with E-state index >= 15 is 0 Å². The van der Waals surface area contributed by atoms with E-state index in [2.05, 4.69) is 10.6 Å². The number of methoxy groups -OCH3 is 1. The Morgan fingerprint density at radius 1 is 0.971 bits per heavy atom. The first-order valence-corrected chi connectivity index (χ1v) is 11.0. The number of ether oxygens (including phenoxy) is 1. The lowest BCUT2D eigenvalue weighted by Gasteiger charge is -2.10. The summed E-state index contributed by atoms with van der Waals surface area (Å²) in [4.78, 5) is 37.1. The molecule has 0 bridgehead atoms. The van der Waals surface area contributed by atoms with Crippen molar-refractivity contribution >= 4 is 34.2 Å². The fraction of sp³-hybridized carbons (Fsp3) is 0.148. The summed E-state index contributed by atoms with van der Waals surface area (Å²) in [6.45, 7) is 0. The zero-order valence-corrected chi connectivity index (χ0v) is 18.5. The highest BCUT2D eigenvalue weighted by molar-refractivity contribution is 6.05. The smallest absolute Gasteiger partial charge is 0.255 e. The summed E-state index contributed by atoms with van der Waals surface area (Å²) >= 11 is 0. The maximum atomic E-state index is 12.8. The largest absolute Gasteiger partial charge is 0.497 e. The molecule has 2 N–H and O–H groups in total. The number of amides is 2. The number of hydrogen-bond donors (Lipinski definition) is 2. The van der Waals surface area contributed by atoms with Gasteiger partial charge in [-0.25, -0.2) is 0 Å². The van der Waals surface area contributed by atoms with Crippen molar-refractivity contribution in [2.24, 2.45) is 0 Å². The van der Waals surface area contributed by atoms with Crippen LogP contribution in [0.15, 0.2) is 75.9 Å². The Morgan fingerprint density at radius 2 is 1.79 bits per heavy atom. The van der Waals surface area contributed by atoms with Gasteiger partial charge in [-0.3, -0.25) is 14.4 Å². The Bertz CT molecular complexity index is 1470. The molecule has 1 aromatic heterocycles. The highest BCUT2D eigenvalue weighted by atomic mass is 16.5. The van der Waals surface area contributed by atoms with Crippen LogP contribution in [0.1, 0.15) is 28.8 Å². The van der Waals surface area contributed by atoms with E-state index in [1.807, 2.05) is 6.07 Å². The van der Waals surface area contributed by atoms with Gasteiger partial charge >= 0.3 is 0 Å². The van der Waals surface area contributed by atoms with Gasteiger partial charge in [0.2, 0.25) is 5.91 Å². The molecule has 0 aliphatic carbocycles. The minimum atomic E-state index is -0.239. The van der Waals surface area contributed by atoms with Crippen LogP contribution in [0.5, 0.6) is 5.75 Å². The van der Waals surface area contributed by atoms with Gasteiger partial charge < -0.3 is 19.8 Å². The second-order valence-electron chi connectivity index (χ2n) is 8.14. The zero-order valence-electron chi connectivity index (χ0n) is 18.5. The fourth-order valence-corrected chi connectivity index (χ4v) is 4.04. The molecular formula is C27H22N2O5. The number of hydrogen-bond acceptors (Lipinski definition) is 5. The minimum Gasteiger partial charge on any atom is -0.497 e. The third kappa shape index (κ3) is 4.28. The molecule has 2 heterocycles. The monoisotopic (exact) mass is 454 g/mol. The number of carbonyl (C=O) groups is 2. The Kier molecular flexibility index (Phi) is 5.59. The number of rotatable bonds is 4. The first-order chi connectivity index (χ1) is 16.5. The molecule has 1 aliphatic heterocycles. The summed E-state index contributed by atoms with van der Waals surface area (Å²) in [7, 11) is 1.55. The summed E-state index contributed by atoms with van der Waals surface area (Å²) in [6.07, 6.45) is 1.98. The van der Waals surface area contributed by atoms with E-state index in [9.17, 15) is 14.4 Å². The van der Waals surface area contributed by atoms with Gasteiger partial charge in [0.1, 0.15) is 17.1 Å². The van der Waals surface area contributed by atoms with Crippen LogP contribution in [0.2, 0.25) is 0 Å². The van der Waals surface area contributed by atoms with Gasteiger partial charge in [0.25, 0.3) is 5.91 Å². The van der Waals surface area contributed by atoms with E-state index in [1.54, 1.807) is 61.7 Å². The summed E-state index contributed by atoms with van der Waals surface area (Å²) in [5.41, 5.74) is 3.89. The molecule has 34 heavy (non-hydrogen) atoms. The van der Waals surface area contributed by atoms with Crippen LogP contribution >= 0.6 is 0 Å². The SMILES string of the molecule is COc1ccc2oc(-c3ccc(NC(=O)c4ccc5c(c4)CCCC(=O)N5)cc3)cc(=O)c2c1. The Hall–Kier alpha value is -4.39. The van der Waals surface area contributed by atoms with Crippen molar-refractivity contribution in [2.75, 3.05) is 17.7 Å². The maximum absolute atomic E-state index is 12.8. The lowest BCUT2D eigenvalue weighted by atomic mass is 10.0. The number of aryl methyl sites for hydroxylation is 1. The third-order valence-corrected chi connectivity index (χ3v) is 5.85. The quantitative estimate of drug-likeness (QED) is 0.452. The molecule has 3 aromatic carbocycles. The van der Waals surface area contributed by atoms with Crippen LogP contribution in [-0.4, -0.2) is 18.9 Å². The molecule has 0 saturated carbocycles. The summed E-state index contributed by atoms with van der Waals surface area (Å²) in [5.74, 6) is 0.788. The molecule has 5 rings (SSSR count). The Labute approximate surface area is 195 Å². The Morgan fingerprint density at radius 3 is 2.59 bits per heavy atom. The maximum Gasteiger partial charge on any atom is 0.255 e. The van der Waals surface area contributed by atoms with Gasteiger partial charge in [-0.2, -0.15) is 0 Å². The fourth-order valence-electron chi connectivity index (χ4n) is 4.04. The lowest BCUT2D eigenvalue weighted by Crippen LogP contribution is -2.13. The van der Waals surface area contributed by atoms with Crippen molar-refractivity contribution in [3.8, 4) is 17.1 Å². The topological polar surface area (TPSA) is 97.6 Å². The third-order valence-electron chi connectivity index (χ3n) is 5.85. The summed E-state index contributed by atoms with van der Waals surface area (Å²) < 4.78 is 11.1. The zero-order chi connectivity index (χ0) is 23.7. The normalized spacial score (nSPS) is 13.0. The van der Waals surface area contributed by atoms with Crippen LogP contribution in [0, 0.1) is 0 Å². The highest BCUT2D eigenvalue weighted by Crippen LogP contribution is 2.27. The van der Waals surface area contributed by atoms with Crippen molar-refractivity contribution in [2.45, 2.75) is 19.3 Å². The standard InChI is InChI=1S/C27H22N2O5/c1-33-20-10-12-24-21(14-20)23(30)15-25(34-24)16-5-8-19(9-6-16)28-27(32)18-7-11-22-17(13-18)3-2-4-26(31)29-22/h5-15H,2-4H2,1H3,(H,28,32)(H,29,31). The molecule has 4 aromatic rings. The predicted octanol–water partition coefficient (Wildman–Crippen LogP) is 5.00. The molecule has 0 fully saturated rings. The molecule has 0 spiro atoms. The minimum absolute atomic E-state index is 0.00184. The number of anilines is 2. The summed E-state index contributed by atoms with van der Waals surface area (Å²) in [6, 6.07) is 18.9. The van der Waals surface area contributed by atoms with Crippen molar-refractivity contribution in [1.29, 1.82) is 0 Å². The van der Waals surface area contributed by atoms with Gasteiger partial charge in [0, 0.05) is 35.0 Å². The van der Waals surface area contributed by atoms with Crippen molar-refractivity contribution in [3.05, 3.63) is 88.1 Å². The van der Waals surface area contributed by atoms with Crippen LogP contribution in [0.25, 0.3) is 22.3 Å². The van der Waals surface area contributed by atoms with E-state index in [0.717, 1.165) is 24.1 Å².